The summed E-state index contributed by atoms with van der Waals surface area (Å²) < 4.78 is 4.72. The van der Waals surface area contributed by atoms with Crippen molar-refractivity contribution in [2.75, 3.05) is 60.0 Å². The monoisotopic (exact) mass is 547 g/mol. The molecule has 10 nitrogen and oxygen atoms in total. The van der Waals surface area contributed by atoms with Gasteiger partial charge in [-0.1, -0.05) is 32.1 Å². The first-order valence-corrected chi connectivity index (χ1v) is 14.1. The zero-order valence-corrected chi connectivity index (χ0v) is 25.2. The van der Waals surface area contributed by atoms with Crippen molar-refractivity contribution in [3.05, 3.63) is 37.1 Å². The van der Waals surface area contributed by atoms with E-state index in [0.29, 0.717) is 18.4 Å². The van der Waals surface area contributed by atoms with E-state index in [1.165, 1.54) is 0 Å². The smallest absolute Gasteiger partial charge is 0.234 e. The van der Waals surface area contributed by atoms with Crippen LogP contribution in [0.25, 0.3) is 0 Å². The lowest BCUT2D eigenvalue weighted by molar-refractivity contribution is -0.121. The standard InChI is InChI=1S/C25H42N6O2.C4H11NO/c1-7-13-24(5)21(9-3)29-23(31(24)17-8-2)25(6,33)28-19-22(32)27-16-18-30(10-4)20-11-14-26-15-12-20;1-5-3-4-6-2/h7,9,11,13-15,20-21,28,33H,3,8,10,12,16-19H2,1-2,4-6H3,(H,27,32);5H,3-4H2,1-2H3/b13-7-;. The number of aliphatic imine (C=N–C) groups is 2. The van der Waals surface area contributed by atoms with Crippen LogP contribution in [0.3, 0.4) is 0 Å². The number of amidine groups is 1. The SMILES string of the molecule is C=CC1N=C(C(C)(O)NCC(=O)NCCN(CC)C2C=CN=CC2)N(CCC)C1(C)/C=C\C.CNCCOC. The van der Waals surface area contributed by atoms with Crippen LogP contribution in [0, 0.1) is 0 Å². The molecule has 0 saturated carbocycles. The van der Waals surface area contributed by atoms with E-state index in [2.05, 4.69) is 70.2 Å². The third-order valence-corrected chi connectivity index (χ3v) is 6.90. The summed E-state index contributed by atoms with van der Waals surface area (Å²) in [5.41, 5.74) is -1.85. The fourth-order valence-electron chi connectivity index (χ4n) is 4.72. The fourth-order valence-corrected chi connectivity index (χ4v) is 4.72. The summed E-state index contributed by atoms with van der Waals surface area (Å²) in [5, 5.41) is 20.1. The van der Waals surface area contributed by atoms with Crippen LogP contribution >= 0.6 is 0 Å². The van der Waals surface area contributed by atoms with Crippen molar-refractivity contribution in [1.82, 2.24) is 25.8 Å². The van der Waals surface area contributed by atoms with Gasteiger partial charge in [-0.15, -0.1) is 6.58 Å². The summed E-state index contributed by atoms with van der Waals surface area (Å²) in [6.07, 6.45) is 13.5. The van der Waals surface area contributed by atoms with E-state index in [-0.39, 0.29) is 18.5 Å². The van der Waals surface area contributed by atoms with Gasteiger partial charge in [0.05, 0.1) is 24.7 Å². The second-order valence-corrected chi connectivity index (χ2v) is 9.99. The predicted octanol–water partition coefficient (Wildman–Crippen LogP) is 1.95. The first-order chi connectivity index (χ1) is 18.6. The van der Waals surface area contributed by atoms with Crippen LogP contribution in [0.5, 0.6) is 0 Å². The third kappa shape index (κ3) is 10.6. The number of amides is 1. The van der Waals surface area contributed by atoms with Gasteiger partial charge in [0.2, 0.25) is 5.91 Å². The van der Waals surface area contributed by atoms with Gasteiger partial charge in [0.25, 0.3) is 0 Å². The fraction of sp³-hybridized carbons (Fsp3) is 0.690. The van der Waals surface area contributed by atoms with Crippen molar-refractivity contribution < 1.29 is 14.6 Å². The zero-order chi connectivity index (χ0) is 29.3. The highest BCUT2D eigenvalue weighted by Gasteiger charge is 2.48. The van der Waals surface area contributed by atoms with Gasteiger partial charge in [0, 0.05) is 58.2 Å². The number of allylic oxidation sites excluding steroid dienone is 1. The second-order valence-electron chi connectivity index (χ2n) is 9.99. The molecule has 1 amide bonds. The Bertz CT molecular complexity index is 852. The number of aliphatic hydroxyl groups is 1. The normalized spacial score (nSPS) is 23.9. The lowest BCUT2D eigenvalue weighted by Gasteiger charge is -2.41. The maximum Gasteiger partial charge on any atom is 0.234 e. The van der Waals surface area contributed by atoms with Crippen molar-refractivity contribution in [3.8, 4) is 0 Å². The van der Waals surface area contributed by atoms with Gasteiger partial charge in [-0.3, -0.25) is 25.0 Å². The molecule has 10 heteroatoms. The van der Waals surface area contributed by atoms with E-state index < -0.39 is 11.3 Å². The summed E-state index contributed by atoms with van der Waals surface area (Å²) >= 11 is 0. The van der Waals surface area contributed by atoms with E-state index in [1.54, 1.807) is 14.0 Å². The molecule has 2 rings (SSSR count). The van der Waals surface area contributed by atoms with Crippen molar-refractivity contribution in [3.63, 3.8) is 0 Å². The number of hydrogen-bond acceptors (Lipinski definition) is 9. The van der Waals surface area contributed by atoms with E-state index in [4.69, 9.17) is 9.73 Å². The van der Waals surface area contributed by atoms with Gasteiger partial charge in [0.1, 0.15) is 5.84 Å². The first kappa shape index (κ1) is 34.7. The molecule has 2 aliphatic heterocycles. The predicted molar refractivity (Wildman–Crippen MR) is 162 cm³/mol. The van der Waals surface area contributed by atoms with Crippen LogP contribution in [-0.2, 0) is 9.53 Å². The highest BCUT2D eigenvalue weighted by atomic mass is 16.5. The minimum atomic E-state index is -1.45. The number of hydrogen-bond donors (Lipinski definition) is 4. The molecular weight excluding hydrogens is 494 g/mol. The lowest BCUT2D eigenvalue weighted by atomic mass is 9.91. The van der Waals surface area contributed by atoms with Crippen LogP contribution in [0.4, 0.5) is 0 Å². The van der Waals surface area contributed by atoms with Gasteiger partial charge >= 0.3 is 0 Å². The third-order valence-electron chi connectivity index (χ3n) is 6.90. The molecule has 0 radical (unpaired) electrons. The number of carbonyl (C=O) groups excluding carboxylic acids is 1. The molecule has 4 unspecified atom stereocenters. The maximum absolute atomic E-state index is 12.5. The molecule has 39 heavy (non-hydrogen) atoms. The molecule has 0 spiro atoms. The molecule has 0 saturated heterocycles. The zero-order valence-electron chi connectivity index (χ0n) is 25.2. The van der Waals surface area contributed by atoms with Gasteiger partial charge in [-0.05, 0) is 46.9 Å². The summed E-state index contributed by atoms with van der Waals surface area (Å²) in [7, 11) is 3.59. The maximum atomic E-state index is 12.5. The number of methoxy groups -OCH3 is 1. The van der Waals surface area contributed by atoms with Crippen LogP contribution < -0.4 is 16.0 Å². The molecule has 0 bridgehead atoms. The number of likely N-dealkylation sites (N-methyl/N-ethyl adjacent to an activating group) is 2. The first-order valence-electron chi connectivity index (χ1n) is 14.1. The Morgan fingerprint density at radius 1 is 1.41 bits per heavy atom. The lowest BCUT2D eigenvalue weighted by Crippen LogP contribution is -2.60. The average Bonchev–Trinajstić information content (AvgIpc) is 3.21. The van der Waals surface area contributed by atoms with E-state index in [0.717, 1.165) is 45.6 Å². The summed E-state index contributed by atoms with van der Waals surface area (Å²) in [6, 6.07) is 0.133. The number of rotatable bonds is 16. The van der Waals surface area contributed by atoms with E-state index >= 15 is 0 Å². The Morgan fingerprint density at radius 3 is 2.67 bits per heavy atom. The number of ether oxygens (including phenoxy) is 1. The van der Waals surface area contributed by atoms with Gasteiger partial charge in [0.15, 0.2) is 5.72 Å². The van der Waals surface area contributed by atoms with Crippen LogP contribution in [0.15, 0.2) is 47.1 Å². The number of carbonyl (C=O) groups is 1. The average molecular weight is 548 g/mol. The Labute approximate surface area is 236 Å². The molecule has 4 N–H and O–H groups in total. The van der Waals surface area contributed by atoms with Gasteiger partial charge in [-0.2, -0.15) is 0 Å². The molecule has 2 aliphatic rings. The second kappa shape index (κ2) is 18.1. The van der Waals surface area contributed by atoms with Gasteiger partial charge < -0.3 is 25.4 Å². The molecule has 0 aliphatic carbocycles. The van der Waals surface area contributed by atoms with Crippen LogP contribution in [-0.4, -0.2) is 116 Å². The van der Waals surface area contributed by atoms with Crippen molar-refractivity contribution in [2.24, 2.45) is 9.98 Å². The topological polar surface area (TPSA) is 114 Å². The highest BCUT2D eigenvalue weighted by Crippen LogP contribution is 2.34. The van der Waals surface area contributed by atoms with Crippen molar-refractivity contribution >= 4 is 18.0 Å². The number of nitrogens with one attached hydrogen (secondary N) is 3. The summed E-state index contributed by atoms with van der Waals surface area (Å²) in [6.45, 7) is 18.5. The molecule has 0 fully saturated rings. The molecule has 2 heterocycles. The quantitative estimate of drug-likeness (QED) is 0.133. The Balaban J connectivity index is 0.00000113. The van der Waals surface area contributed by atoms with Crippen LogP contribution in [0.1, 0.15) is 47.5 Å². The summed E-state index contributed by atoms with van der Waals surface area (Å²) in [5.74, 6) is 0.370. The number of nitrogens with zero attached hydrogens (tertiary/aromatic N) is 4. The van der Waals surface area contributed by atoms with E-state index in [9.17, 15) is 9.90 Å². The Hall–Kier alpha value is -2.37. The molecule has 4 atom stereocenters. The molecule has 0 aromatic carbocycles. The highest BCUT2D eigenvalue weighted by molar-refractivity contribution is 5.93. The molecule has 0 aromatic heterocycles. The largest absolute Gasteiger partial charge is 0.383 e. The summed E-state index contributed by atoms with van der Waals surface area (Å²) in [4.78, 5) is 25.8. The minimum absolute atomic E-state index is 0.00676. The molecule has 222 valence electrons. The molecule has 0 aromatic rings. The van der Waals surface area contributed by atoms with Crippen molar-refractivity contribution in [1.29, 1.82) is 0 Å². The Kier molecular flexibility index (Phi) is 16.1. The van der Waals surface area contributed by atoms with Crippen molar-refractivity contribution in [2.45, 2.75) is 70.8 Å². The van der Waals surface area contributed by atoms with E-state index in [1.807, 2.05) is 38.5 Å². The van der Waals surface area contributed by atoms with Crippen LogP contribution in [0.2, 0.25) is 0 Å². The minimum Gasteiger partial charge on any atom is -0.383 e. The Morgan fingerprint density at radius 2 is 2.15 bits per heavy atom. The molecular formula is C29H53N7O3. The van der Waals surface area contributed by atoms with Gasteiger partial charge in [-0.25, -0.2) is 0 Å².